The molecule has 1 atom stereocenters. The molecule has 0 radical (unpaired) electrons. The molecule has 3 heterocycles. The van der Waals surface area contributed by atoms with Crippen LogP contribution in [0.3, 0.4) is 0 Å². The Morgan fingerprint density at radius 2 is 2.44 bits per heavy atom. The minimum Gasteiger partial charge on any atom is -0.391 e. The molecular formula is C11H14N4O. The van der Waals surface area contributed by atoms with Crippen molar-refractivity contribution in [3.63, 3.8) is 0 Å². The van der Waals surface area contributed by atoms with Crippen molar-refractivity contribution in [3.05, 3.63) is 18.0 Å². The molecule has 1 unspecified atom stereocenters. The van der Waals surface area contributed by atoms with Crippen molar-refractivity contribution < 1.29 is 5.11 Å². The van der Waals surface area contributed by atoms with E-state index in [9.17, 15) is 5.11 Å². The van der Waals surface area contributed by atoms with Gasteiger partial charge in [0.2, 0.25) is 0 Å². The second-order valence-corrected chi connectivity index (χ2v) is 4.31. The number of pyridine rings is 1. The molecule has 5 nitrogen and oxygen atoms in total. The number of nitrogens with zero attached hydrogens (tertiary/aromatic N) is 3. The zero-order valence-corrected chi connectivity index (χ0v) is 9.14. The van der Waals surface area contributed by atoms with Crippen molar-refractivity contribution in [1.82, 2.24) is 15.2 Å². The van der Waals surface area contributed by atoms with Crippen LogP contribution in [0.25, 0.3) is 10.9 Å². The number of aromatic nitrogens is 3. The van der Waals surface area contributed by atoms with Crippen LogP contribution in [0.1, 0.15) is 12.1 Å². The molecule has 0 spiro atoms. The number of aliphatic hydroxyl groups excluding tert-OH is 1. The summed E-state index contributed by atoms with van der Waals surface area (Å²) in [5.74, 6) is 0.902. The van der Waals surface area contributed by atoms with Gasteiger partial charge in [0.05, 0.1) is 17.0 Å². The molecule has 1 saturated heterocycles. The summed E-state index contributed by atoms with van der Waals surface area (Å²) in [7, 11) is 0. The van der Waals surface area contributed by atoms with Crippen LogP contribution >= 0.6 is 0 Å². The van der Waals surface area contributed by atoms with E-state index in [1.54, 1.807) is 0 Å². The van der Waals surface area contributed by atoms with E-state index in [1.807, 2.05) is 19.2 Å². The highest BCUT2D eigenvalue weighted by atomic mass is 16.3. The molecule has 84 valence electrons. The lowest BCUT2D eigenvalue weighted by Crippen LogP contribution is -2.21. The summed E-state index contributed by atoms with van der Waals surface area (Å²) in [6.07, 6.45) is 2.42. The Hall–Kier alpha value is -1.62. The molecule has 1 aliphatic rings. The summed E-state index contributed by atoms with van der Waals surface area (Å²) in [6.45, 7) is 3.47. The number of aliphatic hydroxyl groups is 1. The van der Waals surface area contributed by atoms with Gasteiger partial charge in [0.25, 0.3) is 0 Å². The average molecular weight is 218 g/mol. The summed E-state index contributed by atoms with van der Waals surface area (Å²) >= 11 is 0. The summed E-state index contributed by atoms with van der Waals surface area (Å²) in [5.41, 5.74) is 1.98. The number of fused-ring (bicyclic) bond motifs is 1. The number of aryl methyl sites for hydroxylation is 1. The smallest absolute Gasteiger partial charge is 0.159 e. The van der Waals surface area contributed by atoms with E-state index in [2.05, 4.69) is 20.1 Å². The number of H-pyrrole nitrogens is 1. The van der Waals surface area contributed by atoms with E-state index in [0.717, 1.165) is 35.4 Å². The Balaban J connectivity index is 2.04. The highest BCUT2D eigenvalue weighted by Crippen LogP contribution is 2.26. The third-order valence-electron chi connectivity index (χ3n) is 3.03. The second kappa shape index (κ2) is 3.45. The van der Waals surface area contributed by atoms with Gasteiger partial charge in [-0.25, -0.2) is 0 Å². The van der Waals surface area contributed by atoms with Crippen molar-refractivity contribution in [3.8, 4) is 0 Å². The summed E-state index contributed by atoms with van der Waals surface area (Å²) in [6, 6.07) is 1.98. The van der Waals surface area contributed by atoms with Crippen LogP contribution in [-0.4, -0.2) is 39.5 Å². The molecule has 2 aromatic rings. The first-order valence-corrected chi connectivity index (χ1v) is 5.48. The molecule has 0 saturated carbocycles. The molecule has 2 N–H and O–H groups in total. The van der Waals surface area contributed by atoms with Crippen LogP contribution in [0.4, 0.5) is 5.82 Å². The predicted octanol–water partition coefficient (Wildman–Crippen LogP) is 0.837. The number of nitrogens with one attached hydrogen (secondary N) is 1. The molecule has 0 amide bonds. The summed E-state index contributed by atoms with van der Waals surface area (Å²) < 4.78 is 0. The van der Waals surface area contributed by atoms with Gasteiger partial charge >= 0.3 is 0 Å². The van der Waals surface area contributed by atoms with E-state index >= 15 is 0 Å². The average Bonchev–Trinajstić information content (AvgIpc) is 2.83. The maximum absolute atomic E-state index is 9.52. The van der Waals surface area contributed by atoms with Crippen LogP contribution in [0, 0.1) is 6.92 Å². The van der Waals surface area contributed by atoms with Gasteiger partial charge in [-0.15, -0.1) is 0 Å². The van der Waals surface area contributed by atoms with Gasteiger partial charge in [-0.1, -0.05) is 0 Å². The van der Waals surface area contributed by atoms with Gasteiger partial charge in [-0.2, -0.15) is 5.10 Å². The van der Waals surface area contributed by atoms with Gasteiger partial charge in [-0.05, 0) is 19.4 Å². The first-order valence-electron chi connectivity index (χ1n) is 5.48. The van der Waals surface area contributed by atoms with Gasteiger partial charge in [-0.3, -0.25) is 10.1 Å². The van der Waals surface area contributed by atoms with Gasteiger partial charge in [0.1, 0.15) is 0 Å². The molecular weight excluding hydrogens is 204 g/mol. The van der Waals surface area contributed by atoms with Crippen molar-refractivity contribution in [1.29, 1.82) is 0 Å². The number of rotatable bonds is 1. The first kappa shape index (κ1) is 9.59. The van der Waals surface area contributed by atoms with Gasteiger partial charge < -0.3 is 10.0 Å². The van der Waals surface area contributed by atoms with Crippen LogP contribution < -0.4 is 4.90 Å². The Morgan fingerprint density at radius 3 is 3.19 bits per heavy atom. The van der Waals surface area contributed by atoms with Gasteiger partial charge in [0, 0.05) is 25.0 Å². The molecule has 1 fully saturated rings. The lowest BCUT2D eigenvalue weighted by molar-refractivity contribution is 0.198. The SMILES string of the molecule is Cc1cc2[nH]nc(N3CCC(O)C3)c2cn1. The molecule has 16 heavy (non-hydrogen) atoms. The third kappa shape index (κ3) is 1.44. The third-order valence-corrected chi connectivity index (χ3v) is 3.03. The van der Waals surface area contributed by atoms with Gasteiger partial charge in [0.15, 0.2) is 5.82 Å². The van der Waals surface area contributed by atoms with Crippen LogP contribution in [0.2, 0.25) is 0 Å². The normalized spacial score (nSPS) is 20.9. The van der Waals surface area contributed by atoms with E-state index in [0.29, 0.717) is 6.54 Å². The monoisotopic (exact) mass is 218 g/mol. The molecule has 5 heteroatoms. The zero-order valence-electron chi connectivity index (χ0n) is 9.14. The van der Waals surface area contributed by atoms with Crippen molar-refractivity contribution in [2.75, 3.05) is 18.0 Å². The minimum atomic E-state index is -0.231. The Kier molecular flexibility index (Phi) is 2.07. The van der Waals surface area contributed by atoms with E-state index in [-0.39, 0.29) is 6.10 Å². The van der Waals surface area contributed by atoms with Crippen LogP contribution in [0.15, 0.2) is 12.3 Å². The van der Waals surface area contributed by atoms with E-state index < -0.39 is 0 Å². The molecule has 0 aliphatic carbocycles. The lowest BCUT2D eigenvalue weighted by atomic mass is 10.3. The quantitative estimate of drug-likeness (QED) is 0.744. The number of anilines is 1. The molecule has 1 aliphatic heterocycles. The molecule has 3 rings (SSSR count). The Labute approximate surface area is 93.1 Å². The van der Waals surface area contributed by atoms with E-state index in [1.165, 1.54) is 0 Å². The largest absolute Gasteiger partial charge is 0.391 e. The van der Waals surface area contributed by atoms with Crippen LogP contribution in [0.5, 0.6) is 0 Å². The number of hydrogen-bond acceptors (Lipinski definition) is 4. The molecule has 2 aromatic heterocycles. The van der Waals surface area contributed by atoms with Crippen LogP contribution in [-0.2, 0) is 0 Å². The predicted molar refractivity (Wildman–Crippen MR) is 61.5 cm³/mol. The number of hydrogen-bond donors (Lipinski definition) is 2. The number of β-amino-alcohol motifs (C(OH)–C–C–N with tert-alkyl or cyclic N) is 1. The highest BCUT2D eigenvalue weighted by molar-refractivity contribution is 5.89. The first-order chi connectivity index (χ1) is 7.74. The lowest BCUT2D eigenvalue weighted by Gasteiger charge is -2.14. The minimum absolute atomic E-state index is 0.231. The fourth-order valence-corrected chi connectivity index (χ4v) is 2.18. The Morgan fingerprint density at radius 1 is 1.56 bits per heavy atom. The zero-order chi connectivity index (χ0) is 11.1. The fourth-order valence-electron chi connectivity index (χ4n) is 2.18. The fraction of sp³-hybridized carbons (Fsp3) is 0.455. The maximum atomic E-state index is 9.52. The summed E-state index contributed by atoms with van der Waals surface area (Å²) in [4.78, 5) is 6.38. The molecule has 0 aromatic carbocycles. The van der Waals surface area contributed by atoms with Crippen molar-refractivity contribution >= 4 is 16.7 Å². The number of aromatic amines is 1. The van der Waals surface area contributed by atoms with E-state index in [4.69, 9.17) is 0 Å². The Bertz CT molecular complexity index is 522. The van der Waals surface area contributed by atoms with Crippen molar-refractivity contribution in [2.45, 2.75) is 19.4 Å². The second-order valence-electron chi connectivity index (χ2n) is 4.31. The topological polar surface area (TPSA) is 65.0 Å². The maximum Gasteiger partial charge on any atom is 0.159 e. The highest BCUT2D eigenvalue weighted by Gasteiger charge is 2.23. The molecule has 0 bridgehead atoms. The summed E-state index contributed by atoms with van der Waals surface area (Å²) in [5, 5.41) is 17.9. The van der Waals surface area contributed by atoms with Crippen molar-refractivity contribution in [2.24, 2.45) is 0 Å². The standard InChI is InChI=1S/C11H14N4O/c1-7-4-10-9(5-12-7)11(14-13-10)15-3-2-8(16)6-15/h4-5,8,16H,2-3,6H2,1H3,(H,13,14).